The highest BCUT2D eigenvalue weighted by Crippen LogP contribution is 2.26. The summed E-state index contributed by atoms with van der Waals surface area (Å²) in [7, 11) is 0. The summed E-state index contributed by atoms with van der Waals surface area (Å²) in [5, 5.41) is 23.8. The second kappa shape index (κ2) is 8.17. The Labute approximate surface area is 148 Å². The van der Waals surface area contributed by atoms with Gasteiger partial charge in [-0.3, -0.25) is 4.79 Å². The lowest BCUT2D eigenvalue weighted by Gasteiger charge is -2.27. The Morgan fingerprint density at radius 1 is 1.54 bits per heavy atom. The quantitative estimate of drug-likeness (QED) is 0.693. The number of aromatic nitrogens is 2. The van der Waals surface area contributed by atoms with Gasteiger partial charge in [-0.15, -0.1) is 10.2 Å². The third-order valence-corrected chi connectivity index (χ3v) is 5.53. The fraction of sp³-hybridized carbons (Fsp3) is 0.467. The van der Waals surface area contributed by atoms with Crippen molar-refractivity contribution >= 4 is 34.1 Å². The molecule has 0 aliphatic carbocycles. The molecule has 0 fully saturated rings. The molecule has 9 heteroatoms. The van der Waals surface area contributed by atoms with E-state index in [1.807, 2.05) is 26.0 Å². The van der Waals surface area contributed by atoms with Gasteiger partial charge in [0.25, 0.3) is 0 Å². The Bertz CT molecular complexity index is 708. The van der Waals surface area contributed by atoms with Crippen LogP contribution in [0.5, 0.6) is 0 Å². The summed E-state index contributed by atoms with van der Waals surface area (Å²) in [6.45, 7) is 6.06. The molecule has 1 atom stereocenters. The molecule has 0 spiro atoms. The minimum atomic E-state index is -0.867. The van der Waals surface area contributed by atoms with Crippen LogP contribution in [0.15, 0.2) is 27.2 Å². The highest BCUT2D eigenvalue weighted by molar-refractivity contribution is 8.01. The molecule has 2 aromatic heterocycles. The molecule has 7 nitrogen and oxygen atoms in total. The Morgan fingerprint density at radius 3 is 2.96 bits per heavy atom. The van der Waals surface area contributed by atoms with Crippen molar-refractivity contribution in [3.8, 4) is 6.07 Å². The second-order valence-electron chi connectivity index (χ2n) is 5.61. The van der Waals surface area contributed by atoms with Gasteiger partial charge in [0, 0.05) is 0 Å². The third-order valence-electron chi connectivity index (χ3n) is 3.51. The summed E-state index contributed by atoms with van der Waals surface area (Å²) >= 11 is 2.67. The Kier molecular flexibility index (Phi) is 6.23. The van der Waals surface area contributed by atoms with Gasteiger partial charge in [-0.25, -0.2) is 0 Å². The Hall–Kier alpha value is -2.05. The van der Waals surface area contributed by atoms with Crippen LogP contribution in [-0.4, -0.2) is 27.4 Å². The molecule has 0 saturated heterocycles. The topological polar surface area (TPSA) is 104 Å². The first-order valence-electron chi connectivity index (χ1n) is 7.38. The molecule has 0 unspecified atom stereocenters. The van der Waals surface area contributed by atoms with Crippen LogP contribution in [0.3, 0.4) is 0 Å². The van der Waals surface area contributed by atoms with E-state index in [2.05, 4.69) is 26.9 Å². The van der Waals surface area contributed by atoms with Crippen molar-refractivity contribution in [3.63, 3.8) is 0 Å². The fourth-order valence-corrected chi connectivity index (χ4v) is 3.22. The van der Waals surface area contributed by atoms with E-state index in [1.165, 1.54) is 23.1 Å². The largest absolute Gasteiger partial charge is 0.467 e. The molecule has 2 heterocycles. The molecule has 24 heavy (non-hydrogen) atoms. The number of nitriles is 1. The molecule has 2 aromatic rings. The molecule has 0 aliphatic heterocycles. The number of hydrogen-bond acceptors (Lipinski definition) is 8. The van der Waals surface area contributed by atoms with Crippen LogP contribution in [0.25, 0.3) is 0 Å². The maximum Gasteiger partial charge on any atom is 0.231 e. The maximum atomic E-state index is 12.0. The smallest absolute Gasteiger partial charge is 0.231 e. The van der Waals surface area contributed by atoms with Crippen LogP contribution in [-0.2, 0) is 11.3 Å². The summed E-state index contributed by atoms with van der Waals surface area (Å²) in [6.07, 6.45) is 1.61. The fourth-order valence-electron chi connectivity index (χ4n) is 1.67. The van der Waals surface area contributed by atoms with E-state index in [-0.39, 0.29) is 17.6 Å². The van der Waals surface area contributed by atoms with Crippen LogP contribution in [0, 0.1) is 17.2 Å². The van der Waals surface area contributed by atoms with Crippen molar-refractivity contribution in [1.29, 1.82) is 5.26 Å². The van der Waals surface area contributed by atoms with Crippen LogP contribution in [0.4, 0.5) is 5.13 Å². The number of nitrogens with one attached hydrogen (secondary N) is 2. The number of hydrogen-bond donors (Lipinski definition) is 2. The van der Waals surface area contributed by atoms with Gasteiger partial charge in [0.15, 0.2) is 4.34 Å². The van der Waals surface area contributed by atoms with Crippen molar-refractivity contribution < 1.29 is 9.21 Å². The predicted molar refractivity (Wildman–Crippen MR) is 93.7 cm³/mol. The van der Waals surface area contributed by atoms with E-state index in [1.54, 1.807) is 13.2 Å². The van der Waals surface area contributed by atoms with Gasteiger partial charge in [0.2, 0.25) is 11.0 Å². The monoisotopic (exact) mass is 365 g/mol. The molecule has 0 aliphatic rings. The minimum Gasteiger partial charge on any atom is -0.467 e. The van der Waals surface area contributed by atoms with Crippen molar-refractivity contribution in [2.45, 2.75) is 37.2 Å². The number of carbonyl (C=O) groups is 1. The van der Waals surface area contributed by atoms with E-state index in [9.17, 15) is 10.1 Å². The number of rotatable bonds is 8. The van der Waals surface area contributed by atoms with Crippen LogP contribution < -0.4 is 10.6 Å². The molecule has 1 amide bonds. The van der Waals surface area contributed by atoms with Gasteiger partial charge < -0.3 is 15.1 Å². The lowest BCUT2D eigenvalue weighted by Crippen LogP contribution is -2.49. The average Bonchev–Trinajstić information content (AvgIpc) is 3.22. The van der Waals surface area contributed by atoms with Crippen LogP contribution >= 0.6 is 23.1 Å². The number of nitrogens with zero attached hydrogens (tertiary/aromatic N) is 3. The summed E-state index contributed by atoms with van der Waals surface area (Å²) in [6, 6.07) is 5.85. The zero-order valence-electron chi connectivity index (χ0n) is 13.7. The molecular weight excluding hydrogens is 346 g/mol. The highest BCUT2D eigenvalue weighted by Gasteiger charge is 2.29. The van der Waals surface area contributed by atoms with Gasteiger partial charge in [-0.1, -0.05) is 36.9 Å². The first-order valence-corrected chi connectivity index (χ1v) is 9.18. The third kappa shape index (κ3) is 4.97. The maximum absolute atomic E-state index is 12.0. The first kappa shape index (κ1) is 18.3. The zero-order valence-corrected chi connectivity index (χ0v) is 15.3. The van der Waals surface area contributed by atoms with E-state index < -0.39 is 5.54 Å². The van der Waals surface area contributed by atoms with Crippen LogP contribution in [0.2, 0.25) is 0 Å². The summed E-state index contributed by atoms with van der Waals surface area (Å²) < 4.78 is 5.92. The predicted octanol–water partition coefficient (Wildman–Crippen LogP) is 2.89. The van der Waals surface area contributed by atoms with Gasteiger partial charge in [-0.05, 0) is 25.0 Å². The minimum absolute atomic E-state index is 0.0235. The average molecular weight is 365 g/mol. The number of carbonyl (C=O) groups excluding carboxylic acids is 1. The number of anilines is 1. The molecule has 128 valence electrons. The molecular formula is C15H19N5O2S2. The number of furan rings is 1. The van der Waals surface area contributed by atoms with E-state index >= 15 is 0 Å². The molecule has 0 aromatic carbocycles. The van der Waals surface area contributed by atoms with Gasteiger partial charge in [-0.2, -0.15) is 5.26 Å². The summed E-state index contributed by atoms with van der Waals surface area (Å²) in [5.74, 6) is 0.827. The van der Waals surface area contributed by atoms with Crippen molar-refractivity contribution in [2.75, 3.05) is 11.1 Å². The van der Waals surface area contributed by atoms with Gasteiger partial charge in [0.1, 0.15) is 11.3 Å². The lowest BCUT2D eigenvalue weighted by molar-refractivity contribution is -0.120. The van der Waals surface area contributed by atoms with Crippen molar-refractivity contribution in [1.82, 2.24) is 15.5 Å². The molecule has 0 bridgehead atoms. The van der Waals surface area contributed by atoms with Gasteiger partial charge >= 0.3 is 0 Å². The van der Waals surface area contributed by atoms with E-state index in [0.717, 1.165) is 5.76 Å². The molecule has 0 radical (unpaired) electrons. The van der Waals surface area contributed by atoms with E-state index in [4.69, 9.17) is 4.42 Å². The number of thioether (sulfide) groups is 1. The molecule has 2 N–H and O–H groups in total. The molecule has 2 rings (SSSR count). The zero-order chi connectivity index (χ0) is 17.6. The summed E-state index contributed by atoms with van der Waals surface area (Å²) in [4.78, 5) is 12.0. The van der Waals surface area contributed by atoms with Gasteiger partial charge in [0.05, 0.1) is 24.6 Å². The highest BCUT2D eigenvalue weighted by atomic mass is 32.2. The van der Waals surface area contributed by atoms with Crippen molar-refractivity contribution in [3.05, 3.63) is 24.2 Å². The summed E-state index contributed by atoms with van der Waals surface area (Å²) in [5.41, 5.74) is -0.867. The Balaban J connectivity index is 1.80. The number of amides is 1. The first-order chi connectivity index (χ1) is 11.4. The standard InChI is InChI=1S/C15H19N5O2S2/c1-10(2)15(3,9-16)18-12(21)8-23-14-20-19-13(24-14)17-7-11-5-4-6-22-11/h4-6,10H,7-8H2,1-3H3,(H,17,19)(H,18,21)/t15-/m0/s1. The van der Waals surface area contributed by atoms with Crippen molar-refractivity contribution in [2.24, 2.45) is 5.92 Å². The second-order valence-corrected chi connectivity index (χ2v) is 7.81. The molecule has 0 saturated carbocycles. The Morgan fingerprint density at radius 2 is 2.33 bits per heavy atom. The lowest BCUT2D eigenvalue weighted by atomic mass is 9.90. The van der Waals surface area contributed by atoms with E-state index in [0.29, 0.717) is 16.0 Å². The SMILES string of the molecule is CC(C)[C@](C)(C#N)NC(=O)CSc1nnc(NCc2ccco2)s1. The normalized spacial score (nSPS) is 13.3. The van der Waals surface area contributed by atoms with Crippen LogP contribution in [0.1, 0.15) is 26.5 Å².